The third kappa shape index (κ3) is 2.58. The lowest BCUT2D eigenvalue weighted by Crippen LogP contribution is -2.06. The van der Waals surface area contributed by atoms with Crippen LogP contribution in [0.1, 0.15) is 41.2 Å². The Bertz CT molecular complexity index is 637. The Labute approximate surface area is 129 Å². The zero-order valence-corrected chi connectivity index (χ0v) is 12.6. The number of aryl methyl sites for hydroxylation is 2. The molecule has 2 aromatic carbocycles. The predicted molar refractivity (Wildman–Crippen MR) is 83.6 cm³/mol. The first-order valence-corrected chi connectivity index (χ1v) is 7.66. The van der Waals surface area contributed by atoms with Crippen molar-refractivity contribution < 1.29 is 5.11 Å². The lowest BCUT2D eigenvalue weighted by atomic mass is 9.88. The summed E-state index contributed by atoms with van der Waals surface area (Å²) in [6.07, 6.45) is 4.00. The van der Waals surface area contributed by atoms with Crippen molar-refractivity contribution >= 4 is 23.2 Å². The van der Waals surface area contributed by atoms with Crippen molar-refractivity contribution in [3.8, 4) is 0 Å². The van der Waals surface area contributed by atoms with Gasteiger partial charge in [-0.05, 0) is 48.4 Å². The third-order valence-electron chi connectivity index (χ3n) is 3.96. The van der Waals surface area contributed by atoms with Crippen molar-refractivity contribution in [2.24, 2.45) is 0 Å². The molecule has 0 aliphatic heterocycles. The Morgan fingerprint density at radius 3 is 2.50 bits per heavy atom. The van der Waals surface area contributed by atoms with E-state index in [1.165, 1.54) is 24.0 Å². The molecule has 0 heterocycles. The van der Waals surface area contributed by atoms with Crippen LogP contribution in [0, 0.1) is 0 Å². The van der Waals surface area contributed by atoms with Gasteiger partial charge in [0, 0.05) is 5.56 Å². The van der Waals surface area contributed by atoms with Crippen molar-refractivity contribution in [2.75, 3.05) is 0 Å². The first-order chi connectivity index (χ1) is 9.66. The summed E-state index contributed by atoms with van der Waals surface area (Å²) < 4.78 is 0. The van der Waals surface area contributed by atoms with Gasteiger partial charge in [0.2, 0.25) is 0 Å². The minimum atomic E-state index is -0.728. The number of aliphatic hydroxyl groups excluding tert-OH is 1. The van der Waals surface area contributed by atoms with Crippen LogP contribution in [0.25, 0.3) is 0 Å². The molecule has 2 aromatic rings. The van der Waals surface area contributed by atoms with Gasteiger partial charge in [0.15, 0.2) is 0 Å². The molecular weight excluding hydrogens is 291 g/mol. The zero-order chi connectivity index (χ0) is 14.1. The van der Waals surface area contributed by atoms with Gasteiger partial charge in [0.1, 0.15) is 6.10 Å². The molecule has 0 saturated carbocycles. The normalized spacial score (nSPS) is 15.8. The molecule has 20 heavy (non-hydrogen) atoms. The molecule has 3 rings (SSSR count). The largest absolute Gasteiger partial charge is 0.384 e. The van der Waals surface area contributed by atoms with Crippen LogP contribution < -0.4 is 0 Å². The van der Waals surface area contributed by atoms with Crippen molar-refractivity contribution in [1.82, 2.24) is 0 Å². The fourth-order valence-electron chi connectivity index (χ4n) is 2.83. The third-order valence-corrected chi connectivity index (χ3v) is 4.80. The summed E-state index contributed by atoms with van der Waals surface area (Å²) in [5.74, 6) is 0. The molecule has 1 aliphatic rings. The highest BCUT2D eigenvalue weighted by Gasteiger charge is 2.18. The molecule has 1 atom stereocenters. The number of halogens is 2. The van der Waals surface area contributed by atoms with Crippen molar-refractivity contribution in [2.45, 2.75) is 31.8 Å². The highest BCUT2D eigenvalue weighted by Crippen LogP contribution is 2.34. The molecular formula is C17H16Cl2O. The van der Waals surface area contributed by atoms with E-state index >= 15 is 0 Å². The standard InChI is InChI=1S/C17H16Cl2O/c18-15-7-3-6-14(16(15)19)17(20)13-9-8-11-4-1-2-5-12(11)10-13/h3,6-10,17,20H,1-2,4-5H2. The summed E-state index contributed by atoms with van der Waals surface area (Å²) >= 11 is 12.2. The fraction of sp³-hybridized carbons (Fsp3) is 0.294. The minimum Gasteiger partial charge on any atom is -0.384 e. The van der Waals surface area contributed by atoms with E-state index in [2.05, 4.69) is 12.1 Å². The summed E-state index contributed by atoms with van der Waals surface area (Å²) in [6, 6.07) is 11.6. The Hall–Kier alpha value is -1.02. The number of benzene rings is 2. The monoisotopic (exact) mass is 306 g/mol. The molecule has 0 spiro atoms. The van der Waals surface area contributed by atoms with Gasteiger partial charge in [0.25, 0.3) is 0 Å². The molecule has 0 bridgehead atoms. The maximum Gasteiger partial charge on any atom is 0.106 e. The van der Waals surface area contributed by atoms with E-state index in [9.17, 15) is 5.11 Å². The average molecular weight is 307 g/mol. The SMILES string of the molecule is OC(c1ccc2c(c1)CCCC2)c1cccc(Cl)c1Cl. The molecule has 1 nitrogen and oxygen atoms in total. The second-order valence-electron chi connectivity index (χ2n) is 5.28. The number of aliphatic hydroxyl groups is 1. The zero-order valence-electron chi connectivity index (χ0n) is 11.1. The van der Waals surface area contributed by atoms with E-state index in [1.807, 2.05) is 18.2 Å². The van der Waals surface area contributed by atoms with Crippen molar-refractivity contribution in [3.05, 3.63) is 68.7 Å². The Kier molecular flexibility index (Phi) is 4.02. The van der Waals surface area contributed by atoms with Crippen LogP contribution in [-0.2, 0) is 12.8 Å². The molecule has 0 saturated heterocycles. The topological polar surface area (TPSA) is 20.2 Å². The molecule has 1 N–H and O–H groups in total. The summed E-state index contributed by atoms with van der Waals surface area (Å²) in [7, 11) is 0. The fourth-order valence-corrected chi connectivity index (χ4v) is 3.25. The molecule has 104 valence electrons. The Balaban J connectivity index is 1.98. The second kappa shape index (κ2) is 5.77. The quantitative estimate of drug-likeness (QED) is 0.832. The van der Waals surface area contributed by atoms with Crippen LogP contribution in [0.15, 0.2) is 36.4 Å². The molecule has 1 aliphatic carbocycles. The molecule has 0 aromatic heterocycles. The molecule has 1 unspecified atom stereocenters. The molecule has 3 heteroatoms. The van der Waals surface area contributed by atoms with Crippen LogP contribution >= 0.6 is 23.2 Å². The Morgan fingerprint density at radius 2 is 1.70 bits per heavy atom. The summed E-state index contributed by atoms with van der Waals surface area (Å²) in [5, 5.41) is 11.5. The van der Waals surface area contributed by atoms with Crippen LogP contribution in [0.5, 0.6) is 0 Å². The van der Waals surface area contributed by atoms with Crippen molar-refractivity contribution in [3.63, 3.8) is 0 Å². The van der Waals surface area contributed by atoms with E-state index in [4.69, 9.17) is 23.2 Å². The lowest BCUT2D eigenvalue weighted by molar-refractivity contribution is 0.220. The summed E-state index contributed by atoms with van der Waals surface area (Å²) in [4.78, 5) is 0. The first-order valence-electron chi connectivity index (χ1n) is 6.90. The van der Waals surface area contributed by atoms with Gasteiger partial charge in [-0.1, -0.05) is 53.5 Å². The van der Waals surface area contributed by atoms with Crippen LogP contribution in [0.3, 0.4) is 0 Å². The van der Waals surface area contributed by atoms with E-state index in [0.29, 0.717) is 15.6 Å². The smallest absolute Gasteiger partial charge is 0.106 e. The minimum absolute atomic E-state index is 0.430. The maximum absolute atomic E-state index is 10.6. The second-order valence-corrected chi connectivity index (χ2v) is 6.07. The summed E-state index contributed by atoms with van der Waals surface area (Å²) in [5.41, 5.74) is 4.31. The van der Waals surface area contributed by atoms with E-state index in [-0.39, 0.29) is 0 Å². The molecule has 0 amide bonds. The average Bonchev–Trinajstić information content (AvgIpc) is 2.49. The van der Waals surface area contributed by atoms with Crippen LogP contribution in [-0.4, -0.2) is 5.11 Å². The highest BCUT2D eigenvalue weighted by atomic mass is 35.5. The molecule has 0 radical (unpaired) electrons. The van der Waals surface area contributed by atoms with Gasteiger partial charge in [-0.25, -0.2) is 0 Å². The van der Waals surface area contributed by atoms with Gasteiger partial charge in [-0.3, -0.25) is 0 Å². The first kappa shape index (κ1) is 13.9. The lowest BCUT2D eigenvalue weighted by Gasteiger charge is -2.19. The van der Waals surface area contributed by atoms with Gasteiger partial charge in [-0.15, -0.1) is 0 Å². The summed E-state index contributed by atoms with van der Waals surface area (Å²) in [6.45, 7) is 0. The van der Waals surface area contributed by atoms with Crippen LogP contribution in [0.4, 0.5) is 0 Å². The highest BCUT2D eigenvalue weighted by molar-refractivity contribution is 6.42. The van der Waals surface area contributed by atoms with Gasteiger partial charge >= 0.3 is 0 Å². The number of hydrogen-bond donors (Lipinski definition) is 1. The Morgan fingerprint density at radius 1 is 0.950 bits per heavy atom. The van der Waals surface area contributed by atoms with Gasteiger partial charge < -0.3 is 5.11 Å². The van der Waals surface area contributed by atoms with Crippen LogP contribution in [0.2, 0.25) is 10.0 Å². The van der Waals surface area contributed by atoms with Crippen molar-refractivity contribution in [1.29, 1.82) is 0 Å². The maximum atomic E-state index is 10.6. The molecule has 0 fully saturated rings. The van der Waals surface area contributed by atoms with E-state index < -0.39 is 6.10 Å². The van der Waals surface area contributed by atoms with E-state index in [1.54, 1.807) is 6.07 Å². The van der Waals surface area contributed by atoms with E-state index in [0.717, 1.165) is 18.4 Å². The van der Waals surface area contributed by atoms with Gasteiger partial charge in [0.05, 0.1) is 10.0 Å². The number of fused-ring (bicyclic) bond motifs is 1. The number of rotatable bonds is 2. The number of hydrogen-bond acceptors (Lipinski definition) is 1. The predicted octanol–water partition coefficient (Wildman–Crippen LogP) is 4.95. The van der Waals surface area contributed by atoms with Gasteiger partial charge in [-0.2, -0.15) is 0 Å².